The molecule has 0 amide bonds. The van der Waals surface area contributed by atoms with Crippen LogP contribution in [0.3, 0.4) is 0 Å². The molecule has 1 aliphatic heterocycles. The van der Waals surface area contributed by atoms with Crippen molar-refractivity contribution >= 4 is 26.0 Å². The molecule has 118 valence electrons. The van der Waals surface area contributed by atoms with Crippen LogP contribution in [-0.4, -0.2) is 46.1 Å². The van der Waals surface area contributed by atoms with Crippen LogP contribution in [0, 0.1) is 0 Å². The number of halogens is 1. The highest BCUT2D eigenvalue weighted by molar-refractivity contribution is 9.10. The second kappa shape index (κ2) is 6.64. The summed E-state index contributed by atoms with van der Waals surface area (Å²) in [6.45, 7) is 3.02. The van der Waals surface area contributed by atoms with E-state index in [1.54, 1.807) is 25.3 Å². The minimum absolute atomic E-state index is 0.0120. The third kappa shape index (κ3) is 3.97. The first-order valence-corrected chi connectivity index (χ1v) is 9.17. The van der Waals surface area contributed by atoms with Gasteiger partial charge in [0, 0.05) is 12.1 Å². The van der Waals surface area contributed by atoms with Gasteiger partial charge in [0.15, 0.2) is 0 Å². The Morgan fingerprint density at radius 2 is 2.14 bits per heavy atom. The summed E-state index contributed by atoms with van der Waals surface area (Å²) in [5, 5.41) is 0. The molecule has 1 fully saturated rings. The van der Waals surface area contributed by atoms with Crippen molar-refractivity contribution in [1.82, 2.24) is 9.62 Å². The number of nitrogens with one attached hydrogen (secondary N) is 1. The molecule has 1 aromatic carbocycles. The van der Waals surface area contributed by atoms with Gasteiger partial charge in [-0.3, -0.25) is 0 Å². The van der Waals surface area contributed by atoms with Crippen molar-refractivity contribution in [2.45, 2.75) is 36.7 Å². The minimum Gasteiger partial charge on any atom is -0.496 e. The zero-order chi connectivity index (χ0) is 15.6. The van der Waals surface area contributed by atoms with Crippen molar-refractivity contribution in [1.29, 1.82) is 0 Å². The molecule has 0 aromatic heterocycles. The molecule has 2 atom stereocenters. The standard InChI is InChI=1S/C14H21BrN2O3S/c1-10-8-11(6-7-17(10)2)16-21(18,19)12-4-5-14(20-3)13(15)9-12/h4-5,9-11,16H,6-8H2,1-3H3. The summed E-state index contributed by atoms with van der Waals surface area (Å²) in [5.41, 5.74) is 0. The summed E-state index contributed by atoms with van der Waals surface area (Å²) in [6.07, 6.45) is 1.66. The van der Waals surface area contributed by atoms with E-state index in [4.69, 9.17) is 4.74 Å². The summed E-state index contributed by atoms with van der Waals surface area (Å²) in [7, 11) is 0.111. The van der Waals surface area contributed by atoms with Gasteiger partial charge in [0.1, 0.15) is 5.75 Å². The predicted molar refractivity (Wildman–Crippen MR) is 86.1 cm³/mol. The van der Waals surface area contributed by atoms with Crippen molar-refractivity contribution in [3.63, 3.8) is 0 Å². The average Bonchev–Trinajstić information content (AvgIpc) is 2.42. The first kappa shape index (κ1) is 16.7. The Bertz CT molecular complexity index is 606. The van der Waals surface area contributed by atoms with Crippen molar-refractivity contribution < 1.29 is 13.2 Å². The molecule has 2 unspecified atom stereocenters. The number of hydrogen-bond donors (Lipinski definition) is 1. The first-order valence-electron chi connectivity index (χ1n) is 6.89. The monoisotopic (exact) mass is 376 g/mol. The van der Waals surface area contributed by atoms with Crippen molar-refractivity contribution in [3.8, 4) is 5.75 Å². The van der Waals surface area contributed by atoms with E-state index in [1.165, 1.54) is 0 Å². The van der Waals surface area contributed by atoms with Gasteiger partial charge in [0.25, 0.3) is 0 Å². The van der Waals surface area contributed by atoms with Crippen LogP contribution < -0.4 is 9.46 Å². The topological polar surface area (TPSA) is 58.6 Å². The van der Waals surface area contributed by atoms with Gasteiger partial charge in [-0.05, 0) is 67.5 Å². The number of rotatable bonds is 4. The van der Waals surface area contributed by atoms with Crippen LogP contribution in [0.15, 0.2) is 27.6 Å². The molecule has 0 radical (unpaired) electrons. The molecular weight excluding hydrogens is 356 g/mol. The van der Waals surface area contributed by atoms with Crippen molar-refractivity contribution in [2.24, 2.45) is 0 Å². The first-order chi connectivity index (χ1) is 9.83. The Hall–Kier alpha value is -0.630. The number of nitrogens with zero attached hydrogens (tertiary/aromatic N) is 1. The van der Waals surface area contributed by atoms with E-state index in [-0.39, 0.29) is 10.9 Å². The average molecular weight is 377 g/mol. The quantitative estimate of drug-likeness (QED) is 0.874. The van der Waals surface area contributed by atoms with E-state index in [1.807, 2.05) is 0 Å². The summed E-state index contributed by atoms with van der Waals surface area (Å²) in [6, 6.07) is 5.15. The number of ether oxygens (including phenoxy) is 1. The lowest BCUT2D eigenvalue weighted by atomic mass is 10.0. The van der Waals surface area contributed by atoms with Gasteiger partial charge in [-0.15, -0.1) is 0 Å². The molecular formula is C14H21BrN2O3S. The molecule has 0 aliphatic carbocycles. The molecule has 1 heterocycles. The van der Waals surface area contributed by atoms with Gasteiger partial charge in [0.05, 0.1) is 16.5 Å². The molecule has 0 saturated carbocycles. The maximum absolute atomic E-state index is 12.5. The second-order valence-electron chi connectivity index (χ2n) is 5.47. The summed E-state index contributed by atoms with van der Waals surface area (Å²) >= 11 is 3.32. The molecule has 2 rings (SSSR count). The Morgan fingerprint density at radius 1 is 1.43 bits per heavy atom. The largest absolute Gasteiger partial charge is 0.496 e. The lowest BCUT2D eigenvalue weighted by Crippen LogP contribution is -2.47. The SMILES string of the molecule is COc1ccc(S(=O)(=O)NC2CCN(C)C(C)C2)cc1Br. The fourth-order valence-electron chi connectivity index (χ4n) is 2.50. The van der Waals surface area contributed by atoms with Crippen LogP contribution in [-0.2, 0) is 10.0 Å². The van der Waals surface area contributed by atoms with Crippen LogP contribution in [0.25, 0.3) is 0 Å². The minimum atomic E-state index is -3.50. The fourth-order valence-corrected chi connectivity index (χ4v) is 4.50. The Morgan fingerprint density at radius 3 is 2.71 bits per heavy atom. The van der Waals surface area contributed by atoms with Gasteiger partial charge < -0.3 is 9.64 Å². The molecule has 1 N–H and O–H groups in total. The highest BCUT2D eigenvalue weighted by atomic mass is 79.9. The van der Waals surface area contributed by atoms with Crippen molar-refractivity contribution in [2.75, 3.05) is 20.7 Å². The second-order valence-corrected chi connectivity index (χ2v) is 8.04. The predicted octanol–water partition coefficient (Wildman–Crippen LogP) is 2.22. The van der Waals surface area contributed by atoms with Crippen LogP contribution in [0.1, 0.15) is 19.8 Å². The van der Waals surface area contributed by atoms with E-state index >= 15 is 0 Å². The van der Waals surface area contributed by atoms with Gasteiger partial charge in [-0.1, -0.05) is 0 Å². The summed E-state index contributed by atoms with van der Waals surface area (Å²) < 4.78 is 33.5. The molecule has 7 heteroatoms. The molecule has 0 bridgehead atoms. The molecule has 1 aromatic rings. The number of benzene rings is 1. The highest BCUT2D eigenvalue weighted by Crippen LogP contribution is 2.28. The zero-order valence-electron chi connectivity index (χ0n) is 12.5. The van der Waals surface area contributed by atoms with E-state index in [0.29, 0.717) is 16.3 Å². The number of sulfonamides is 1. The van der Waals surface area contributed by atoms with E-state index in [9.17, 15) is 8.42 Å². The number of hydrogen-bond acceptors (Lipinski definition) is 4. The third-order valence-corrected chi connectivity index (χ3v) is 6.10. The lowest BCUT2D eigenvalue weighted by molar-refractivity contribution is 0.178. The molecule has 0 spiro atoms. The van der Waals surface area contributed by atoms with Crippen LogP contribution in [0.2, 0.25) is 0 Å². The molecule has 1 aliphatic rings. The Labute approximate surface area is 134 Å². The van der Waals surface area contributed by atoms with E-state index in [2.05, 4.69) is 39.5 Å². The number of likely N-dealkylation sites (tertiary alicyclic amines) is 1. The van der Waals surface area contributed by atoms with Gasteiger partial charge >= 0.3 is 0 Å². The van der Waals surface area contributed by atoms with Crippen LogP contribution in [0.4, 0.5) is 0 Å². The van der Waals surface area contributed by atoms with E-state index in [0.717, 1.165) is 19.4 Å². The van der Waals surface area contributed by atoms with Crippen LogP contribution >= 0.6 is 15.9 Å². The Balaban J connectivity index is 2.13. The lowest BCUT2D eigenvalue weighted by Gasteiger charge is -2.35. The zero-order valence-corrected chi connectivity index (χ0v) is 14.9. The van der Waals surface area contributed by atoms with Gasteiger partial charge in [-0.2, -0.15) is 0 Å². The Kier molecular flexibility index (Phi) is 5.29. The maximum atomic E-state index is 12.5. The van der Waals surface area contributed by atoms with Crippen molar-refractivity contribution in [3.05, 3.63) is 22.7 Å². The van der Waals surface area contributed by atoms with Crippen LogP contribution in [0.5, 0.6) is 5.75 Å². The van der Waals surface area contributed by atoms with Gasteiger partial charge in [0.2, 0.25) is 10.0 Å². The molecule has 5 nitrogen and oxygen atoms in total. The normalized spacial score (nSPS) is 24.0. The molecule has 21 heavy (non-hydrogen) atoms. The van der Waals surface area contributed by atoms with E-state index < -0.39 is 10.0 Å². The third-order valence-electron chi connectivity index (χ3n) is 3.96. The highest BCUT2D eigenvalue weighted by Gasteiger charge is 2.27. The fraction of sp³-hybridized carbons (Fsp3) is 0.571. The summed E-state index contributed by atoms with van der Waals surface area (Å²) in [4.78, 5) is 2.50. The van der Waals surface area contributed by atoms with Gasteiger partial charge in [-0.25, -0.2) is 13.1 Å². The smallest absolute Gasteiger partial charge is 0.240 e. The number of methoxy groups -OCH3 is 1. The number of piperidine rings is 1. The summed E-state index contributed by atoms with van der Waals surface area (Å²) in [5.74, 6) is 0.613. The maximum Gasteiger partial charge on any atom is 0.240 e. The molecule has 1 saturated heterocycles.